The minimum atomic E-state index is -0.623. The topological polar surface area (TPSA) is 71.0 Å². The highest BCUT2D eigenvalue weighted by molar-refractivity contribution is 5.85. The van der Waals surface area contributed by atoms with Crippen LogP contribution < -0.4 is 14.8 Å². The highest BCUT2D eigenvalue weighted by Gasteiger charge is 2.12. The number of aromatic hydroxyl groups is 1. The Morgan fingerprint density at radius 3 is 2.37 bits per heavy atom. The first kappa shape index (κ1) is 23.1. The number of aliphatic hydroxyl groups excluding tert-OH is 1. The summed E-state index contributed by atoms with van der Waals surface area (Å²) in [7, 11) is 0. The van der Waals surface area contributed by atoms with E-state index >= 15 is 0 Å². The molecule has 0 spiro atoms. The summed E-state index contributed by atoms with van der Waals surface area (Å²) in [4.78, 5) is 0. The Kier molecular flexibility index (Phi) is 9.43. The fraction of sp³-hybridized carbons (Fsp3) is 0.429. The van der Waals surface area contributed by atoms with Gasteiger partial charge in [-0.1, -0.05) is 18.2 Å². The van der Waals surface area contributed by atoms with Gasteiger partial charge < -0.3 is 25.0 Å². The molecule has 0 saturated carbocycles. The third kappa shape index (κ3) is 6.61. The zero-order valence-electron chi connectivity index (χ0n) is 16.4. The van der Waals surface area contributed by atoms with Gasteiger partial charge in [-0.05, 0) is 62.1 Å². The van der Waals surface area contributed by atoms with Crippen molar-refractivity contribution in [3.63, 3.8) is 0 Å². The first-order valence-electron chi connectivity index (χ1n) is 8.90. The van der Waals surface area contributed by atoms with E-state index in [1.807, 2.05) is 52.0 Å². The average Bonchev–Trinajstić information content (AvgIpc) is 2.63. The van der Waals surface area contributed by atoms with E-state index in [9.17, 15) is 10.2 Å². The second-order valence-electron chi connectivity index (χ2n) is 6.57. The van der Waals surface area contributed by atoms with E-state index in [2.05, 4.69) is 5.32 Å². The first-order chi connectivity index (χ1) is 12.4. The highest BCUT2D eigenvalue weighted by Crippen LogP contribution is 2.31. The van der Waals surface area contributed by atoms with Gasteiger partial charge in [-0.3, -0.25) is 0 Å². The van der Waals surface area contributed by atoms with Gasteiger partial charge in [-0.25, -0.2) is 0 Å². The third-order valence-corrected chi connectivity index (χ3v) is 4.45. The summed E-state index contributed by atoms with van der Waals surface area (Å²) in [5.41, 5.74) is 3.57. The number of hydrogen-bond acceptors (Lipinski definition) is 5. The van der Waals surface area contributed by atoms with Crippen LogP contribution >= 0.6 is 12.4 Å². The highest BCUT2D eigenvalue weighted by atomic mass is 35.5. The zero-order chi connectivity index (χ0) is 19.1. The summed E-state index contributed by atoms with van der Waals surface area (Å²) in [5.74, 6) is 1.87. The Labute approximate surface area is 167 Å². The number of phenolic OH excluding ortho intramolecular Hbond substituents is 1. The average molecular weight is 396 g/mol. The second-order valence-corrected chi connectivity index (χ2v) is 6.57. The summed E-state index contributed by atoms with van der Waals surface area (Å²) < 4.78 is 11.4. The fourth-order valence-corrected chi connectivity index (χ4v) is 2.65. The van der Waals surface area contributed by atoms with Crippen LogP contribution in [0.3, 0.4) is 0 Å². The second kappa shape index (κ2) is 11.0. The molecule has 0 radical (unpaired) electrons. The standard InChI is InChI=1S/C21H29NO4.ClH/c1-14-7-5-6-8-19(14)25-10-9-22-12-18(23)13-26-20-11-15(2)21(24)17(4)16(20)3;/h5-8,11,18,22-24H,9-10,12-13H2,1-4H3;1H. The fourth-order valence-electron chi connectivity index (χ4n) is 2.65. The molecular formula is C21H30ClNO4. The molecule has 0 fully saturated rings. The lowest BCUT2D eigenvalue weighted by molar-refractivity contribution is 0.105. The lowest BCUT2D eigenvalue weighted by Crippen LogP contribution is -2.33. The molecule has 0 aliphatic heterocycles. The van der Waals surface area contributed by atoms with E-state index < -0.39 is 6.10 Å². The molecule has 2 aromatic carbocycles. The summed E-state index contributed by atoms with van der Waals surface area (Å²) in [6.07, 6.45) is -0.623. The summed E-state index contributed by atoms with van der Waals surface area (Å²) >= 11 is 0. The van der Waals surface area contributed by atoms with Crippen LogP contribution in [-0.2, 0) is 0 Å². The van der Waals surface area contributed by atoms with Crippen LogP contribution in [0, 0.1) is 27.7 Å². The third-order valence-electron chi connectivity index (χ3n) is 4.45. The van der Waals surface area contributed by atoms with Crippen molar-refractivity contribution in [1.29, 1.82) is 0 Å². The van der Waals surface area contributed by atoms with Crippen LogP contribution in [-0.4, -0.2) is 42.6 Å². The van der Waals surface area contributed by atoms with Gasteiger partial charge in [0.25, 0.3) is 0 Å². The van der Waals surface area contributed by atoms with Crippen LogP contribution in [0.25, 0.3) is 0 Å². The van der Waals surface area contributed by atoms with E-state index in [4.69, 9.17) is 9.47 Å². The van der Waals surface area contributed by atoms with Gasteiger partial charge >= 0.3 is 0 Å². The minimum absolute atomic E-state index is 0. The Morgan fingerprint density at radius 2 is 1.67 bits per heavy atom. The molecule has 2 rings (SSSR count). The maximum atomic E-state index is 10.1. The van der Waals surface area contributed by atoms with Gasteiger partial charge in [0.1, 0.15) is 36.6 Å². The van der Waals surface area contributed by atoms with Crippen LogP contribution in [0.1, 0.15) is 22.3 Å². The molecule has 0 aliphatic carbocycles. The molecule has 0 bridgehead atoms. The monoisotopic (exact) mass is 395 g/mol. The summed E-state index contributed by atoms with van der Waals surface area (Å²) in [6.45, 7) is 9.39. The van der Waals surface area contributed by atoms with Gasteiger partial charge in [-0.2, -0.15) is 0 Å². The molecule has 0 aliphatic rings. The maximum Gasteiger partial charge on any atom is 0.123 e. The SMILES string of the molecule is Cc1ccccc1OCCNCC(O)COc1cc(C)c(O)c(C)c1C.Cl. The zero-order valence-corrected chi connectivity index (χ0v) is 17.2. The van der Waals surface area contributed by atoms with Crippen molar-refractivity contribution in [3.8, 4) is 17.2 Å². The number of ether oxygens (including phenoxy) is 2. The van der Waals surface area contributed by atoms with Crippen molar-refractivity contribution in [2.75, 3.05) is 26.3 Å². The van der Waals surface area contributed by atoms with E-state index in [0.717, 1.165) is 28.0 Å². The molecule has 0 heterocycles. The number of para-hydroxylation sites is 1. The predicted molar refractivity (Wildman–Crippen MR) is 111 cm³/mol. The van der Waals surface area contributed by atoms with Gasteiger partial charge in [0.2, 0.25) is 0 Å². The molecule has 5 nitrogen and oxygen atoms in total. The molecule has 150 valence electrons. The van der Waals surface area contributed by atoms with Crippen LogP contribution in [0.4, 0.5) is 0 Å². The minimum Gasteiger partial charge on any atom is -0.507 e. The van der Waals surface area contributed by atoms with E-state index in [-0.39, 0.29) is 19.0 Å². The van der Waals surface area contributed by atoms with Gasteiger partial charge in [0.05, 0.1) is 0 Å². The van der Waals surface area contributed by atoms with Crippen LogP contribution in [0.15, 0.2) is 30.3 Å². The number of halogens is 1. The number of aryl methyl sites for hydroxylation is 2. The van der Waals surface area contributed by atoms with Crippen molar-refractivity contribution in [3.05, 3.63) is 52.6 Å². The molecule has 2 aromatic rings. The lowest BCUT2D eigenvalue weighted by Gasteiger charge is -2.17. The van der Waals surface area contributed by atoms with Gasteiger partial charge in [0.15, 0.2) is 0 Å². The predicted octanol–water partition coefficient (Wildman–Crippen LogP) is 3.46. The van der Waals surface area contributed by atoms with Crippen molar-refractivity contribution >= 4 is 12.4 Å². The smallest absolute Gasteiger partial charge is 0.123 e. The lowest BCUT2D eigenvalue weighted by atomic mass is 10.0. The molecule has 0 aromatic heterocycles. The Morgan fingerprint density at radius 1 is 0.963 bits per heavy atom. The maximum absolute atomic E-state index is 10.1. The molecule has 3 N–H and O–H groups in total. The molecule has 0 amide bonds. The normalized spacial score (nSPS) is 11.6. The molecule has 27 heavy (non-hydrogen) atoms. The number of rotatable bonds is 9. The van der Waals surface area contributed by atoms with E-state index in [1.54, 1.807) is 6.07 Å². The molecule has 1 unspecified atom stereocenters. The van der Waals surface area contributed by atoms with Crippen molar-refractivity contribution in [2.24, 2.45) is 0 Å². The molecular weight excluding hydrogens is 366 g/mol. The van der Waals surface area contributed by atoms with Crippen LogP contribution in [0.5, 0.6) is 17.2 Å². The van der Waals surface area contributed by atoms with Gasteiger partial charge in [-0.15, -0.1) is 12.4 Å². The van der Waals surface area contributed by atoms with E-state index in [0.29, 0.717) is 31.2 Å². The molecule has 1 atom stereocenters. The van der Waals surface area contributed by atoms with E-state index in [1.165, 1.54) is 0 Å². The number of benzene rings is 2. The van der Waals surface area contributed by atoms with Crippen molar-refractivity contribution < 1.29 is 19.7 Å². The van der Waals surface area contributed by atoms with Gasteiger partial charge in [0, 0.05) is 13.1 Å². The number of hydrogen-bond donors (Lipinski definition) is 3. The Hall–Kier alpha value is -1.95. The summed E-state index contributed by atoms with van der Waals surface area (Å²) in [6, 6.07) is 9.69. The largest absolute Gasteiger partial charge is 0.507 e. The number of aliphatic hydroxyl groups is 1. The van der Waals surface area contributed by atoms with Crippen molar-refractivity contribution in [1.82, 2.24) is 5.32 Å². The quantitative estimate of drug-likeness (QED) is 0.567. The van der Waals surface area contributed by atoms with Crippen molar-refractivity contribution in [2.45, 2.75) is 33.8 Å². The molecule has 0 saturated heterocycles. The number of phenols is 1. The first-order valence-corrected chi connectivity index (χ1v) is 8.90. The number of nitrogens with one attached hydrogen (secondary N) is 1. The summed E-state index contributed by atoms with van der Waals surface area (Å²) in [5, 5.41) is 23.2. The van der Waals surface area contributed by atoms with Crippen LogP contribution in [0.2, 0.25) is 0 Å². The molecule has 6 heteroatoms. The Bertz CT molecular complexity index is 736. The Balaban J connectivity index is 0.00000364.